The van der Waals surface area contributed by atoms with Crippen molar-refractivity contribution >= 4 is 5.78 Å². The molecule has 1 heterocycles. The first-order chi connectivity index (χ1) is 17.2. The summed E-state index contributed by atoms with van der Waals surface area (Å²) in [5.41, 5.74) is -0.336. The van der Waals surface area contributed by atoms with Crippen molar-refractivity contribution in [2.45, 2.75) is 123 Å². The molecule has 8 heteroatoms. The van der Waals surface area contributed by atoms with Gasteiger partial charge >= 0.3 is 5.69 Å². The molecule has 1 aromatic rings. The van der Waals surface area contributed by atoms with Crippen LogP contribution in [0.5, 0.6) is 0 Å². The van der Waals surface area contributed by atoms with Crippen molar-refractivity contribution < 1.29 is 38.0 Å². The minimum Gasteiger partial charge on any atom is -1.00 e. The molecule has 0 radical (unpaired) electrons. The molecule has 0 atom stereocenters. The van der Waals surface area contributed by atoms with Gasteiger partial charge in [0.15, 0.2) is 0 Å². The van der Waals surface area contributed by atoms with Crippen LogP contribution in [0.2, 0.25) is 0 Å². The Morgan fingerprint density at radius 1 is 0.838 bits per heavy atom. The molecule has 216 valence electrons. The lowest BCUT2D eigenvalue weighted by molar-refractivity contribution is -0.890. The number of rotatable bonds is 23. The van der Waals surface area contributed by atoms with Crippen LogP contribution in [0.4, 0.5) is 0 Å². The van der Waals surface area contributed by atoms with Crippen molar-refractivity contribution in [3.8, 4) is 0 Å². The van der Waals surface area contributed by atoms with Crippen LogP contribution in [-0.4, -0.2) is 53.6 Å². The van der Waals surface area contributed by atoms with Gasteiger partial charge in [-0.3, -0.25) is 19.1 Å². The van der Waals surface area contributed by atoms with E-state index in [1.165, 1.54) is 87.8 Å². The van der Waals surface area contributed by atoms with Crippen molar-refractivity contribution in [2.24, 2.45) is 0 Å². The maximum atomic E-state index is 12.2. The average molecular weight is 636 g/mol. The Bertz CT molecular complexity index is 835. The molecule has 0 bridgehead atoms. The van der Waals surface area contributed by atoms with Crippen LogP contribution < -0.4 is 35.2 Å². The molecule has 7 nitrogen and oxygen atoms in total. The molecular weight excluding hydrogens is 581 g/mol. The second-order valence-electron chi connectivity index (χ2n) is 11.1. The Balaban J connectivity index is 0.0000130. The van der Waals surface area contributed by atoms with E-state index in [1.54, 1.807) is 6.92 Å². The fraction of sp³-hybridized carbons (Fsp3) is 0.828. The quantitative estimate of drug-likeness (QED) is 0.114. The lowest BCUT2D eigenvalue weighted by atomic mass is 10.0. The first-order valence-electron chi connectivity index (χ1n) is 14.5. The van der Waals surface area contributed by atoms with Crippen LogP contribution in [0.1, 0.15) is 115 Å². The largest absolute Gasteiger partial charge is 1.00 e. The average Bonchev–Trinajstić information content (AvgIpc) is 2.82. The maximum absolute atomic E-state index is 12.2. The first-order valence-corrected chi connectivity index (χ1v) is 14.5. The third-order valence-electron chi connectivity index (χ3n) is 7.04. The highest BCUT2D eigenvalue weighted by Gasteiger charge is 2.15. The second kappa shape index (κ2) is 21.9. The van der Waals surface area contributed by atoms with Gasteiger partial charge < -0.3 is 33.2 Å². The molecule has 0 saturated heterocycles. The summed E-state index contributed by atoms with van der Waals surface area (Å²) in [7, 11) is 4.27. The SMILES string of the molecule is CCCCCCCCCCCCCCCC(=O)CCC[N+](C)(C)CCOCn1cc(C)c(=O)[nH]c1=O.[I-]. The minimum atomic E-state index is -0.457. The van der Waals surface area contributed by atoms with E-state index >= 15 is 0 Å². The highest BCUT2D eigenvalue weighted by molar-refractivity contribution is 5.78. The summed E-state index contributed by atoms with van der Waals surface area (Å²) < 4.78 is 7.78. The molecule has 0 aliphatic rings. The normalized spacial score (nSPS) is 11.5. The van der Waals surface area contributed by atoms with Gasteiger partial charge in [-0.25, -0.2) is 4.79 Å². The number of carbonyl (C=O) groups is 1. The highest BCUT2D eigenvalue weighted by Crippen LogP contribution is 2.13. The zero-order chi connectivity index (χ0) is 26.7. The smallest absolute Gasteiger partial charge is 0.330 e. The van der Waals surface area contributed by atoms with Crippen LogP contribution in [0.25, 0.3) is 0 Å². The van der Waals surface area contributed by atoms with Gasteiger partial charge in [-0.1, -0.05) is 84.0 Å². The van der Waals surface area contributed by atoms with Crippen LogP contribution in [0.15, 0.2) is 15.8 Å². The highest BCUT2D eigenvalue weighted by atomic mass is 127. The number of aromatic amines is 1. The molecule has 0 unspecified atom stereocenters. The molecule has 0 aliphatic heterocycles. The number of Topliss-reactive ketones (excluding diaryl/α,β-unsaturated/α-hetero) is 1. The van der Waals surface area contributed by atoms with E-state index in [0.29, 0.717) is 24.4 Å². The predicted octanol–water partition coefficient (Wildman–Crippen LogP) is 2.73. The van der Waals surface area contributed by atoms with Crippen molar-refractivity contribution in [1.29, 1.82) is 0 Å². The molecule has 0 spiro atoms. The zero-order valence-corrected chi connectivity index (χ0v) is 26.3. The van der Waals surface area contributed by atoms with Crippen molar-refractivity contribution in [1.82, 2.24) is 9.55 Å². The van der Waals surface area contributed by atoms with Crippen molar-refractivity contribution in [3.63, 3.8) is 0 Å². The number of H-pyrrole nitrogens is 1. The van der Waals surface area contributed by atoms with Gasteiger partial charge in [-0.05, 0) is 13.3 Å². The summed E-state index contributed by atoms with van der Waals surface area (Å²) in [6, 6.07) is 0. The molecule has 0 saturated carbocycles. The number of nitrogens with zero attached hydrogens (tertiary/aromatic N) is 2. The molecular formula is C29H54IN3O4. The summed E-state index contributed by atoms with van der Waals surface area (Å²) in [5.74, 6) is 0.391. The molecule has 0 aromatic carbocycles. The van der Waals surface area contributed by atoms with E-state index in [9.17, 15) is 14.4 Å². The van der Waals surface area contributed by atoms with Crippen molar-refractivity contribution in [2.75, 3.05) is 33.8 Å². The van der Waals surface area contributed by atoms with E-state index in [2.05, 4.69) is 26.0 Å². The van der Waals surface area contributed by atoms with Gasteiger partial charge in [0.1, 0.15) is 19.1 Å². The van der Waals surface area contributed by atoms with E-state index < -0.39 is 5.69 Å². The number of aryl methyl sites for hydroxylation is 1. The number of ketones is 1. The maximum Gasteiger partial charge on any atom is 0.330 e. The van der Waals surface area contributed by atoms with Gasteiger partial charge in [0.05, 0.1) is 27.2 Å². The summed E-state index contributed by atoms with van der Waals surface area (Å²) >= 11 is 0. The molecule has 37 heavy (non-hydrogen) atoms. The van der Waals surface area contributed by atoms with Crippen LogP contribution in [-0.2, 0) is 16.3 Å². The molecule has 0 amide bonds. The second-order valence-corrected chi connectivity index (χ2v) is 11.1. The van der Waals surface area contributed by atoms with E-state index in [-0.39, 0.29) is 36.3 Å². The Hall–Kier alpha value is -1.000. The lowest BCUT2D eigenvalue weighted by Crippen LogP contribution is -3.00. The fourth-order valence-corrected chi connectivity index (χ4v) is 4.47. The summed E-state index contributed by atoms with van der Waals surface area (Å²) in [6.07, 6.45) is 21.0. The molecule has 1 rings (SSSR count). The molecule has 0 aliphatic carbocycles. The molecule has 1 aromatic heterocycles. The van der Waals surface area contributed by atoms with E-state index in [0.717, 1.165) is 36.8 Å². The van der Waals surface area contributed by atoms with Gasteiger partial charge in [0, 0.05) is 31.0 Å². The van der Waals surface area contributed by atoms with E-state index in [1.807, 2.05) is 0 Å². The summed E-state index contributed by atoms with van der Waals surface area (Å²) in [6.45, 7) is 6.27. The standard InChI is InChI=1S/C29H53N3O4.HI/c1-5-6-7-8-9-10-11-12-13-14-15-16-17-19-27(33)20-18-21-32(3,4)22-23-36-25-31-24-26(2)28(34)30-29(31)35;/h24H,5-23,25H2,1-4H3;1H. The van der Waals surface area contributed by atoms with Gasteiger partial charge in [-0.15, -0.1) is 0 Å². The number of halogens is 1. The number of unbranched alkanes of at least 4 members (excludes halogenated alkanes) is 12. The number of ether oxygens (including phenoxy) is 1. The summed E-state index contributed by atoms with van der Waals surface area (Å²) in [5, 5.41) is 0. The Kier molecular flexibility index (Phi) is 21.3. The minimum absolute atomic E-state index is 0. The first kappa shape index (κ1) is 36.0. The van der Waals surface area contributed by atoms with Crippen molar-refractivity contribution in [3.05, 3.63) is 32.6 Å². The monoisotopic (exact) mass is 635 g/mol. The number of aromatic nitrogens is 2. The summed E-state index contributed by atoms with van der Waals surface area (Å²) in [4.78, 5) is 37.7. The Labute approximate surface area is 242 Å². The Morgan fingerprint density at radius 2 is 1.35 bits per heavy atom. The van der Waals surface area contributed by atoms with Gasteiger partial charge in [-0.2, -0.15) is 0 Å². The van der Waals surface area contributed by atoms with E-state index in [4.69, 9.17) is 4.74 Å². The topological polar surface area (TPSA) is 81.2 Å². The van der Waals surface area contributed by atoms with Crippen LogP contribution in [0.3, 0.4) is 0 Å². The van der Waals surface area contributed by atoms with Crippen LogP contribution >= 0.6 is 0 Å². The number of nitrogens with one attached hydrogen (secondary N) is 1. The third-order valence-corrected chi connectivity index (χ3v) is 7.04. The number of likely N-dealkylation sites (N-methyl/N-ethyl adjacent to an activating group) is 1. The zero-order valence-electron chi connectivity index (χ0n) is 24.1. The Morgan fingerprint density at radius 3 is 1.92 bits per heavy atom. The molecule has 1 N–H and O–H groups in total. The third kappa shape index (κ3) is 18.8. The number of hydrogen-bond acceptors (Lipinski definition) is 4. The van der Waals surface area contributed by atoms with Gasteiger partial charge in [0.2, 0.25) is 0 Å². The predicted molar refractivity (Wildman–Crippen MR) is 148 cm³/mol. The lowest BCUT2D eigenvalue weighted by Gasteiger charge is -2.29. The number of carbonyl (C=O) groups excluding carboxylic acids is 1. The number of hydrogen-bond donors (Lipinski definition) is 1. The van der Waals surface area contributed by atoms with Gasteiger partial charge in [0.25, 0.3) is 5.56 Å². The fourth-order valence-electron chi connectivity index (χ4n) is 4.47. The molecule has 0 fully saturated rings. The van der Waals surface area contributed by atoms with Crippen LogP contribution in [0, 0.1) is 6.92 Å². The number of quaternary nitrogens is 1.